The third kappa shape index (κ3) is 3.69. The molecule has 0 aromatic carbocycles. The summed E-state index contributed by atoms with van der Waals surface area (Å²) in [5.41, 5.74) is 0. The van der Waals surface area contributed by atoms with Gasteiger partial charge in [0.15, 0.2) is 9.84 Å². The molecule has 0 saturated heterocycles. The zero-order valence-electron chi connectivity index (χ0n) is 9.68. The highest BCUT2D eigenvalue weighted by Crippen LogP contribution is 2.28. The summed E-state index contributed by atoms with van der Waals surface area (Å²) in [6.07, 6.45) is 1.40. The normalized spacial score (nSPS) is 25.2. The van der Waals surface area contributed by atoms with Crippen molar-refractivity contribution in [2.45, 2.75) is 30.9 Å². The van der Waals surface area contributed by atoms with Crippen LogP contribution in [0.2, 0.25) is 0 Å². The predicted octanol–water partition coefficient (Wildman–Crippen LogP) is -0.209. The first-order chi connectivity index (χ1) is 7.86. The minimum absolute atomic E-state index is 0.330. The van der Waals surface area contributed by atoms with Crippen LogP contribution in [0.1, 0.15) is 25.7 Å². The lowest BCUT2D eigenvalue weighted by Crippen LogP contribution is -2.36. The average Bonchev–Trinajstić information content (AvgIpc) is 2.28. The van der Waals surface area contributed by atoms with E-state index in [0.29, 0.717) is 25.7 Å². The maximum Gasteiger partial charge on any atom is 0.306 e. The van der Waals surface area contributed by atoms with Crippen LogP contribution in [0.5, 0.6) is 0 Å². The van der Waals surface area contributed by atoms with Crippen LogP contribution >= 0.6 is 0 Å². The Kier molecular flexibility index (Phi) is 4.50. The van der Waals surface area contributed by atoms with Gasteiger partial charge in [0.2, 0.25) is 5.91 Å². The molecule has 1 fully saturated rings. The average molecular weight is 263 g/mol. The molecule has 0 atom stereocenters. The third-order valence-corrected chi connectivity index (χ3v) is 5.29. The van der Waals surface area contributed by atoms with Crippen molar-refractivity contribution in [2.75, 3.05) is 12.8 Å². The molecule has 0 aliphatic heterocycles. The molecule has 1 saturated carbocycles. The van der Waals surface area contributed by atoms with Gasteiger partial charge in [0, 0.05) is 7.05 Å². The first kappa shape index (κ1) is 14.0. The maximum atomic E-state index is 11.8. The fraction of sp³-hybridized carbons (Fsp3) is 0.800. The number of carboxylic acid groups (broad SMARTS) is 1. The van der Waals surface area contributed by atoms with Gasteiger partial charge in [-0.05, 0) is 25.7 Å². The van der Waals surface area contributed by atoms with E-state index < -0.39 is 38.6 Å². The summed E-state index contributed by atoms with van der Waals surface area (Å²) in [6.45, 7) is 0. The molecule has 0 aromatic heterocycles. The van der Waals surface area contributed by atoms with E-state index in [1.165, 1.54) is 7.05 Å². The Hall–Kier alpha value is -1.11. The van der Waals surface area contributed by atoms with Gasteiger partial charge in [0.1, 0.15) is 5.75 Å². The molecule has 1 aliphatic carbocycles. The quantitative estimate of drug-likeness (QED) is 0.731. The molecule has 1 amide bonds. The van der Waals surface area contributed by atoms with Crippen molar-refractivity contribution in [3.8, 4) is 0 Å². The molecule has 98 valence electrons. The fourth-order valence-electron chi connectivity index (χ4n) is 2.04. The first-order valence-electron chi connectivity index (χ1n) is 5.51. The van der Waals surface area contributed by atoms with E-state index in [-0.39, 0.29) is 0 Å². The first-order valence-corrected chi connectivity index (χ1v) is 7.23. The van der Waals surface area contributed by atoms with Gasteiger partial charge in [-0.15, -0.1) is 0 Å². The van der Waals surface area contributed by atoms with Crippen molar-refractivity contribution in [3.63, 3.8) is 0 Å². The summed E-state index contributed by atoms with van der Waals surface area (Å²) in [5, 5.41) is 10.5. The van der Waals surface area contributed by atoms with Gasteiger partial charge < -0.3 is 10.4 Å². The van der Waals surface area contributed by atoms with Crippen LogP contribution in [0.15, 0.2) is 0 Å². The molecular weight excluding hydrogens is 246 g/mol. The Balaban J connectivity index is 2.59. The lowest BCUT2D eigenvalue weighted by Gasteiger charge is -2.25. The van der Waals surface area contributed by atoms with Crippen molar-refractivity contribution in [1.29, 1.82) is 0 Å². The van der Waals surface area contributed by atoms with Gasteiger partial charge in [-0.2, -0.15) is 0 Å². The summed E-state index contributed by atoms with van der Waals surface area (Å²) in [4.78, 5) is 21.8. The Bertz CT molecular complexity index is 395. The second kappa shape index (κ2) is 5.48. The van der Waals surface area contributed by atoms with Crippen LogP contribution < -0.4 is 5.32 Å². The highest BCUT2D eigenvalue weighted by Gasteiger charge is 2.34. The van der Waals surface area contributed by atoms with Crippen LogP contribution in [0.4, 0.5) is 0 Å². The molecule has 1 aliphatic rings. The summed E-state index contributed by atoms with van der Waals surface area (Å²) in [7, 11) is -2.06. The van der Waals surface area contributed by atoms with E-state index in [4.69, 9.17) is 5.11 Å². The molecule has 0 radical (unpaired) electrons. The zero-order chi connectivity index (χ0) is 13.1. The van der Waals surface area contributed by atoms with Gasteiger partial charge in [0.05, 0.1) is 11.2 Å². The molecule has 0 aromatic rings. The molecule has 2 N–H and O–H groups in total. The number of carbonyl (C=O) groups is 2. The predicted molar refractivity (Wildman–Crippen MR) is 61.2 cm³/mol. The van der Waals surface area contributed by atoms with E-state index in [1.807, 2.05) is 0 Å². The van der Waals surface area contributed by atoms with Crippen molar-refractivity contribution in [3.05, 3.63) is 0 Å². The van der Waals surface area contributed by atoms with Crippen molar-refractivity contribution in [1.82, 2.24) is 5.32 Å². The number of carbonyl (C=O) groups excluding carboxylic acids is 1. The molecule has 0 spiro atoms. The lowest BCUT2D eigenvalue weighted by atomic mass is 9.89. The number of nitrogens with one attached hydrogen (secondary N) is 1. The molecule has 17 heavy (non-hydrogen) atoms. The van der Waals surface area contributed by atoms with Gasteiger partial charge >= 0.3 is 5.97 Å². The van der Waals surface area contributed by atoms with Crippen LogP contribution in [0.25, 0.3) is 0 Å². The Morgan fingerprint density at radius 3 is 2.18 bits per heavy atom. The minimum Gasteiger partial charge on any atom is -0.481 e. The number of amides is 1. The lowest BCUT2D eigenvalue weighted by molar-refractivity contribution is -0.142. The van der Waals surface area contributed by atoms with Crippen molar-refractivity contribution < 1.29 is 23.1 Å². The molecule has 0 heterocycles. The fourth-order valence-corrected chi connectivity index (χ4v) is 3.78. The second-order valence-corrected chi connectivity index (χ2v) is 6.57. The van der Waals surface area contributed by atoms with E-state index in [9.17, 15) is 18.0 Å². The number of aliphatic carboxylic acids is 1. The van der Waals surface area contributed by atoms with E-state index >= 15 is 0 Å². The summed E-state index contributed by atoms with van der Waals surface area (Å²) < 4.78 is 23.6. The minimum atomic E-state index is -3.45. The largest absolute Gasteiger partial charge is 0.481 e. The highest BCUT2D eigenvalue weighted by atomic mass is 32.2. The smallest absolute Gasteiger partial charge is 0.306 e. The number of rotatable bonds is 4. The Morgan fingerprint density at radius 1 is 1.24 bits per heavy atom. The SMILES string of the molecule is CNC(=O)CS(=O)(=O)C1CCC(C(=O)O)CC1. The number of hydrogen-bond acceptors (Lipinski definition) is 4. The zero-order valence-corrected chi connectivity index (χ0v) is 10.5. The van der Waals surface area contributed by atoms with Gasteiger partial charge in [-0.25, -0.2) is 8.42 Å². The number of carboxylic acids is 1. The summed E-state index contributed by atoms with van der Waals surface area (Å²) >= 11 is 0. The standard InChI is InChI=1S/C10H17NO5S/c1-11-9(12)6-17(15,16)8-4-2-7(3-5-8)10(13)14/h7-8H,2-6H2,1H3,(H,11,12)(H,13,14). The Morgan fingerprint density at radius 2 is 1.76 bits per heavy atom. The highest BCUT2D eigenvalue weighted by molar-refractivity contribution is 7.92. The molecular formula is C10H17NO5S. The summed E-state index contributed by atoms with van der Waals surface area (Å²) in [6, 6.07) is 0. The number of sulfone groups is 1. The van der Waals surface area contributed by atoms with Crippen molar-refractivity contribution >= 4 is 21.7 Å². The monoisotopic (exact) mass is 263 g/mol. The molecule has 1 rings (SSSR count). The van der Waals surface area contributed by atoms with E-state index in [1.54, 1.807) is 0 Å². The second-order valence-electron chi connectivity index (χ2n) is 4.29. The van der Waals surface area contributed by atoms with E-state index in [2.05, 4.69) is 5.32 Å². The number of hydrogen-bond donors (Lipinski definition) is 2. The molecule has 0 unspecified atom stereocenters. The van der Waals surface area contributed by atoms with Gasteiger partial charge in [-0.3, -0.25) is 9.59 Å². The third-order valence-electron chi connectivity index (χ3n) is 3.14. The molecule has 7 heteroatoms. The maximum absolute atomic E-state index is 11.8. The summed E-state index contributed by atoms with van der Waals surface area (Å²) in [5.74, 6) is -2.34. The molecule has 0 bridgehead atoms. The van der Waals surface area contributed by atoms with E-state index in [0.717, 1.165) is 0 Å². The van der Waals surface area contributed by atoms with Crippen molar-refractivity contribution in [2.24, 2.45) is 5.92 Å². The van der Waals surface area contributed by atoms with Crippen LogP contribution in [-0.2, 0) is 19.4 Å². The van der Waals surface area contributed by atoms with Crippen LogP contribution in [-0.4, -0.2) is 43.5 Å². The topological polar surface area (TPSA) is 101 Å². The molecule has 6 nitrogen and oxygen atoms in total. The van der Waals surface area contributed by atoms with Crippen LogP contribution in [0.3, 0.4) is 0 Å². The van der Waals surface area contributed by atoms with Gasteiger partial charge in [-0.1, -0.05) is 0 Å². The van der Waals surface area contributed by atoms with Gasteiger partial charge in [0.25, 0.3) is 0 Å². The Labute approximate surface area is 100 Å². The van der Waals surface area contributed by atoms with Crippen LogP contribution in [0, 0.1) is 5.92 Å².